The summed E-state index contributed by atoms with van der Waals surface area (Å²) in [5.74, 6) is -1.24. The summed E-state index contributed by atoms with van der Waals surface area (Å²) in [5, 5.41) is 1.61. The first-order valence-corrected chi connectivity index (χ1v) is 6.80. The smallest absolute Gasteiger partial charge is 0.349 e. The number of cyclic esters (lactones) is 2. The van der Waals surface area contributed by atoms with E-state index in [0.29, 0.717) is 11.1 Å². The van der Waals surface area contributed by atoms with E-state index < -0.39 is 11.9 Å². The van der Waals surface area contributed by atoms with E-state index in [0.717, 1.165) is 27.3 Å². The van der Waals surface area contributed by atoms with Crippen molar-refractivity contribution in [2.45, 2.75) is 0 Å². The topological polar surface area (TPSA) is 77.0 Å². The molecule has 1 aliphatic heterocycles. The van der Waals surface area contributed by atoms with Crippen molar-refractivity contribution in [1.29, 1.82) is 0 Å². The molecular formula is C16H9N3O3. The number of para-hydroxylation sites is 1. The molecule has 0 bridgehead atoms. The van der Waals surface area contributed by atoms with E-state index >= 15 is 0 Å². The summed E-state index contributed by atoms with van der Waals surface area (Å²) in [6.07, 6.45) is 1.63. The molecule has 0 unspecified atom stereocenters. The number of hydrogen-bond donors (Lipinski definition) is 1. The third kappa shape index (κ3) is 1.14. The van der Waals surface area contributed by atoms with Gasteiger partial charge in [-0.1, -0.05) is 18.2 Å². The van der Waals surface area contributed by atoms with Crippen LogP contribution >= 0.6 is 0 Å². The Labute approximate surface area is 123 Å². The summed E-state index contributed by atoms with van der Waals surface area (Å²) in [7, 11) is 1.86. The molecule has 0 saturated carbocycles. The van der Waals surface area contributed by atoms with E-state index in [1.165, 1.54) is 0 Å². The Bertz CT molecular complexity index is 1150. The van der Waals surface area contributed by atoms with Crippen LogP contribution in [0.2, 0.25) is 0 Å². The fraction of sp³-hybridized carbons (Fsp3) is 0.0625. The summed E-state index contributed by atoms with van der Waals surface area (Å²) in [6, 6.07) is 7.68. The number of imidazole rings is 1. The van der Waals surface area contributed by atoms with E-state index in [4.69, 9.17) is 4.74 Å². The van der Waals surface area contributed by atoms with Crippen LogP contribution in [0.4, 0.5) is 0 Å². The second kappa shape index (κ2) is 3.54. The molecule has 106 valence electrons. The number of benzene rings is 2. The molecule has 0 amide bonds. The van der Waals surface area contributed by atoms with Gasteiger partial charge in [0.1, 0.15) is 11.1 Å². The largest absolute Gasteiger partial charge is 0.386 e. The number of rotatable bonds is 0. The van der Waals surface area contributed by atoms with Crippen molar-refractivity contribution in [2.75, 3.05) is 0 Å². The van der Waals surface area contributed by atoms with E-state index in [1.54, 1.807) is 6.33 Å². The summed E-state index contributed by atoms with van der Waals surface area (Å²) in [5.41, 5.74) is 3.55. The molecule has 0 fully saturated rings. The number of esters is 2. The molecule has 4 aromatic rings. The summed E-state index contributed by atoms with van der Waals surface area (Å²) >= 11 is 0. The van der Waals surface area contributed by atoms with Crippen LogP contribution in [-0.4, -0.2) is 26.5 Å². The van der Waals surface area contributed by atoms with E-state index in [9.17, 15) is 9.59 Å². The highest BCUT2D eigenvalue weighted by atomic mass is 16.6. The maximum absolute atomic E-state index is 12.2. The molecule has 3 heterocycles. The van der Waals surface area contributed by atoms with E-state index in [2.05, 4.69) is 9.97 Å². The van der Waals surface area contributed by atoms with Gasteiger partial charge in [0.05, 0.1) is 22.9 Å². The molecular weight excluding hydrogens is 282 g/mol. The lowest BCUT2D eigenvalue weighted by Gasteiger charge is -2.01. The SMILES string of the molecule is Cn1cnc2c3c(c4c5ccccc5[nH]c4c21)C(=O)OC3=O. The van der Waals surface area contributed by atoms with Crippen molar-refractivity contribution >= 4 is 44.8 Å². The maximum Gasteiger partial charge on any atom is 0.349 e. The van der Waals surface area contributed by atoms with Gasteiger partial charge in [-0.05, 0) is 6.07 Å². The van der Waals surface area contributed by atoms with Crippen molar-refractivity contribution in [3.05, 3.63) is 41.7 Å². The van der Waals surface area contributed by atoms with Gasteiger partial charge >= 0.3 is 11.9 Å². The highest BCUT2D eigenvalue weighted by Crippen LogP contribution is 2.39. The number of carbonyl (C=O) groups is 2. The highest BCUT2D eigenvalue weighted by molar-refractivity contribution is 6.32. The Morgan fingerprint density at radius 2 is 1.91 bits per heavy atom. The monoisotopic (exact) mass is 291 g/mol. The Morgan fingerprint density at radius 3 is 2.77 bits per heavy atom. The van der Waals surface area contributed by atoms with Gasteiger partial charge < -0.3 is 14.3 Å². The highest BCUT2D eigenvalue weighted by Gasteiger charge is 2.37. The minimum absolute atomic E-state index is 0.262. The van der Waals surface area contributed by atoms with Crippen LogP contribution in [0.25, 0.3) is 32.8 Å². The van der Waals surface area contributed by atoms with Gasteiger partial charge in [-0.3, -0.25) is 0 Å². The molecule has 0 aliphatic carbocycles. The molecule has 2 aromatic carbocycles. The fourth-order valence-corrected chi connectivity index (χ4v) is 3.32. The van der Waals surface area contributed by atoms with Crippen molar-refractivity contribution in [2.24, 2.45) is 7.05 Å². The van der Waals surface area contributed by atoms with Gasteiger partial charge in [-0.25, -0.2) is 14.6 Å². The Morgan fingerprint density at radius 1 is 1.14 bits per heavy atom. The maximum atomic E-state index is 12.2. The number of H-pyrrole nitrogens is 1. The van der Waals surface area contributed by atoms with Gasteiger partial charge in [0.2, 0.25) is 0 Å². The molecule has 0 spiro atoms. The Kier molecular flexibility index (Phi) is 1.85. The third-order valence-corrected chi connectivity index (χ3v) is 4.21. The minimum Gasteiger partial charge on any atom is -0.386 e. The molecule has 6 nitrogen and oxygen atoms in total. The molecule has 1 N–H and O–H groups in total. The van der Waals surface area contributed by atoms with Crippen molar-refractivity contribution in [3.8, 4) is 0 Å². The van der Waals surface area contributed by atoms with Gasteiger partial charge in [0.25, 0.3) is 0 Å². The van der Waals surface area contributed by atoms with E-state index in [-0.39, 0.29) is 5.56 Å². The minimum atomic E-state index is -0.629. The predicted octanol–water partition coefficient (Wildman–Crippen LogP) is 2.52. The number of nitrogens with zero attached hydrogens (tertiary/aromatic N) is 2. The van der Waals surface area contributed by atoms with Crippen LogP contribution in [0.3, 0.4) is 0 Å². The third-order valence-electron chi connectivity index (χ3n) is 4.21. The van der Waals surface area contributed by atoms with Crippen LogP contribution in [0.5, 0.6) is 0 Å². The average molecular weight is 291 g/mol. The number of ether oxygens (including phenoxy) is 1. The Hall–Kier alpha value is -3.15. The number of aromatic nitrogens is 3. The van der Waals surface area contributed by atoms with Gasteiger partial charge in [0, 0.05) is 23.3 Å². The van der Waals surface area contributed by atoms with Crippen LogP contribution in [-0.2, 0) is 11.8 Å². The van der Waals surface area contributed by atoms with Gasteiger partial charge in [0.15, 0.2) is 0 Å². The molecule has 1 aliphatic rings. The zero-order chi connectivity index (χ0) is 15.0. The standard InChI is InChI=1S/C16H9N3O3/c1-19-6-17-12-11-10(15(20)22-16(11)21)9-7-4-2-3-5-8(7)18-13(9)14(12)19/h2-6,18H,1H3. The normalized spacial score (nSPS) is 14.2. The zero-order valence-electron chi connectivity index (χ0n) is 11.5. The fourth-order valence-electron chi connectivity index (χ4n) is 3.32. The van der Waals surface area contributed by atoms with Crippen LogP contribution in [0.1, 0.15) is 20.7 Å². The van der Waals surface area contributed by atoms with Gasteiger partial charge in [-0.15, -0.1) is 0 Å². The number of nitrogens with one attached hydrogen (secondary N) is 1. The first-order chi connectivity index (χ1) is 10.7. The van der Waals surface area contributed by atoms with Gasteiger partial charge in [-0.2, -0.15) is 0 Å². The summed E-state index contributed by atoms with van der Waals surface area (Å²) < 4.78 is 6.67. The number of aryl methyl sites for hydroxylation is 1. The molecule has 22 heavy (non-hydrogen) atoms. The first kappa shape index (κ1) is 11.5. The number of carbonyl (C=O) groups excluding carboxylic acids is 2. The zero-order valence-corrected chi connectivity index (χ0v) is 11.5. The van der Waals surface area contributed by atoms with Crippen molar-refractivity contribution in [3.63, 3.8) is 0 Å². The molecule has 0 atom stereocenters. The number of hydrogen-bond acceptors (Lipinski definition) is 4. The van der Waals surface area contributed by atoms with Crippen LogP contribution < -0.4 is 0 Å². The average Bonchev–Trinajstić information content (AvgIpc) is 3.13. The predicted molar refractivity (Wildman–Crippen MR) is 79.8 cm³/mol. The lowest BCUT2D eigenvalue weighted by molar-refractivity contribution is 0.0445. The van der Waals surface area contributed by atoms with Crippen LogP contribution in [0, 0.1) is 0 Å². The van der Waals surface area contributed by atoms with Crippen molar-refractivity contribution < 1.29 is 14.3 Å². The van der Waals surface area contributed by atoms with Crippen LogP contribution in [0.15, 0.2) is 30.6 Å². The Balaban J connectivity index is 2.21. The summed E-state index contributed by atoms with van der Waals surface area (Å²) in [4.78, 5) is 31.9. The van der Waals surface area contributed by atoms with Crippen molar-refractivity contribution in [1.82, 2.24) is 14.5 Å². The second-order valence-corrected chi connectivity index (χ2v) is 5.40. The molecule has 0 radical (unpaired) electrons. The lowest BCUT2D eigenvalue weighted by Crippen LogP contribution is -1.97. The molecule has 2 aromatic heterocycles. The lowest BCUT2D eigenvalue weighted by atomic mass is 10.0. The second-order valence-electron chi connectivity index (χ2n) is 5.40. The molecule has 5 rings (SSSR count). The summed E-state index contributed by atoms with van der Waals surface area (Å²) in [6.45, 7) is 0. The molecule has 0 saturated heterocycles. The number of fused-ring (bicyclic) bond motifs is 8. The van der Waals surface area contributed by atoms with E-state index in [1.807, 2.05) is 35.9 Å². The molecule has 6 heteroatoms. The quantitative estimate of drug-likeness (QED) is 0.399. The number of aromatic amines is 1. The first-order valence-electron chi connectivity index (χ1n) is 6.80.